The van der Waals surface area contributed by atoms with Crippen molar-refractivity contribution in [1.82, 2.24) is 9.97 Å². The normalized spacial score (nSPS) is 13.8. The predicted octanol–water partition coefficient (Wildman–Crippen LogP) is 3.41. The van der Waals surface area contributed by atoms with Gasteiger partial charge in [-0.05, 0) is 44.0 Å². The van der Waals surface area contributed by atoms with E-state index in [2.05, 4.69) is 21.8 Å². The fraction of sp³-hybridized carbons (Fsp3) is 0.263. The Bertz CT molecular complexity index is 921. The molecule has 0 atom stereocenters. The Morgan fingerprint density at radius 3 is 2.77 bits per heavy atom. The number of piperidine rings is 1. The summed E-state index contributed by atoms with van der Waals surface area (Å²) >= 11 is 0. The second-order valence-electron chi connectivity index (χ2n) is 5.95. The minimum Gasteiger partial charge on any atom is -0.350 e. The minimum atomic E-state index is -0.562. The Morgan fingerprint density at radius 2 is 2.08 bits per heavy atom. The van der Waals surface area contributed by atoms with Crippen molar-refractivity contribution >= 4 is 11.5 Å². The predicted molar refractivity (Wildman–Crippen MR) is 96.2 cm³/mol. The molecule has 0 N–H and O–H groups in total. The van der Waals surface area contributed by atoms with Gasteiger partial charge in [0.15, 0.2) is 0 Å². The largest absolute Gasteiger partial charge is 0.350 e. The number of halogens is 1. The number of hydrogen-bond donors (Lipinski definition) is 0. The molecule has 26 heavy (non-hydrogen) atoms. The summed E-state index contributed by atoms with van der Waals surface area (Å²) < 4.78 is 13.7. The van der Waals surface area contributed by atoms with Crippen molar-refractivity contribution in [3.8, 4) is 11.8 Å². The van der Waals surface area contributed by atoms with E-state index in [1.54, 1.807) is 37.4 Å². The van der Waals surface area contributed by atoms with Gasteiger partial charge >= 0.3 is 5.69 Å². The van der Waals surface area contributed by atoms with Gasteiger partial charge in [-0.2, -0.15) is 4.39 Å². The first-order valence-electron chi connectivity index (χ1n) is 8.21. The standard InChI is InChI=1S/C19H17FN4O2/c1-14-7-8-16(18(20)22-14)5-2-4-15-9-12-23(13-10-15)19-17(24(25)26)6-3-11-21-19/h3-4,6-8,11H,9-10,12-13H2,1H3. The van der Waals surface area contributed by atoms with Crippen LogP contribution in [0.2, 0.25) is 0 Å². The zero-order valence-corrected chi connectivity index (χ0v) is 14.3. The Morgan fingerprint density at radius 1 is 1.31 bits per heavy atom. The third-order valence-electron chi connectivity index (χ3n) is 4.14. The number of nitrogens with zero attached hydrogens (tertiary/aromatic N) is 4. The molecule has 7 heteroatoms. The number of aromatic nitrogens is 2. The smallest absolute Gasteiger partial charge is 0.311 e. The number of nitro groups is 1. The van der Waals surface area contributed by atoms with Gasteiger partial charge in [-0.25, -0.2) is 9.97 Å². The van der Waals surface area contributed by atoms with Gasteiger partial charge in [0.1, 0.15) is 0 Å². The molecule has 1 aliphatic rings. The molecule has 2 aromatic heterocycles. The van der Waals surface area contributed by atoms with Crippen molar-refractivity contribution in [2.75, 3.05) is 18.0 Å². The summed E-state index contributed by atoms with van der Waals surface area (Å²) in [6, 6.07) is 6.36. The molecule has 132 valence electrons. The number of pyridine rings is 2. The molecule has 2 aromatic rings. The summed E-state index contributed by atoms with van der Waals surface area (Å²) in [6.45, 7) is 2.99. The van der Waals surface area contributed by atoms with Crippen molar-refractivity contribution in [2.45, 2.75) is 19.8 Å². The van der Waals surface area contributed by atoms with Gasteiger partial charge < -0.3 is 4.90 Å². The summed E-state index contributed by atoms with van der Waals surface area (Å²) in [7, 11) is 0. The van der Waals surface area contributed by atoms with Gasteiger partial charge in [-0.15, -0.1) is 0 Å². The quantitative estimate of drug-likeness (QED) is 0.358. The second-order valence-corrected chi connectivity index (χ2v) is 5.95. The molecule has 0 amide bonds. The molecule has 0 spiro atoms. The lowest BCUT2D eigenvalue weighted by Crippen LogP contribution is -2.31. The van der Waals surface area contributed by atoms with Gasteiger partial charge in [-0.3, -0.25) is 10.1 Å². The summed E-state index contributed by atoms with van der Waals surface area (Å²) in [5.41, 5.74) is 2.03. The molecule has 0 aromatic carbocycles. The molecule has 0 unspecified atom stereocenters. The number of rotatable bonds is 2. The Labute approximate surface area is 150 Å². The van der Waals surface area contributed by atoms with Crippen LogP contribution in [0.5, 0.6) is 0 Å². The van der Waals surface area contributed by atoms with Crippen LogP contribution in [0.1, 0.15) is 24.1 Å². The van der Waals surface area contributed by atoms with E-state index in [0.717, 1.165) is 18.4 Å². The van der Waals surface area contributed by atoms with Crippen molar-refractivity contribution in [3.05, 3.63) is 69.4 Å². The van der Waals surface area contributed by atoms with Crippen LogP contribution in [-0.2, 0) is 0 Å². The number of allylic oxidation sites excluding steroid dienone is 1. The molecular formula is C19H17FN4O2. The molecule has 0 bridgehead atoms. The van der Waals surface area contributed by atoms with E-state index in [1.165, 1.54) is 6.07 Å². The van der Waals surface area contributed by atoms with E-state index < -0.39 is 10.9 Å². The Kier molecular flexibility index (Phi) is 5.23. The summed E-state index contributed by atoms with van der Waals surface area (Å²) in [5, 5.41) is 11.1. The van der Waals surface area contributed by atoms with Crippen molar-refractivity contribution in [2.24, 2.45) is 0 Å². The number of hydrogen-bond acceptors (Lipinski definition) is 5. The maximum Gasteiger partial charge on any atom is 0.311 e. The van der Waals surface area contributed by atoms with Crippen molar-refractivity contribution < 1.29 is 9.31 Å². The van der Waals surface area contributed by atoms with E-state index in [1.807, 2.05) is 4.90 Å². The lowest BCUT2D eigenvalue weighted by molar-refractivity contribution is -0.384. The van der Waals surface area contributed by atoms with Gasteiger partial charge in [0, 0.05) is 31.0 Å². The molecule has 0 radical (unpaired) electrons. The van der Waals surface area contributed by atoms with Crippen LogP contribution in [0.4, 0.5) is 15.9 Å². The molecule has 3 heterocycles. The Balaban J connectivity index is 1.67. The van der Waals surface area contributed by atoms with Crippen LogP contribution >= 0.6 is 0 Å². The lowest BCUT2D eigenvalue weighted by Gasteiger charge is -2.28. The van der Waals surface area contributed by atoms with Gasteiger partial charge in [-0.1, -0.05) is 17.4 Å². The fourth-order valence-electron chi connectivity index (χ4n) is 2.76. The number of aryl methyl sites for hydroxylation is 1. The van der Waals surface area contributed by atoms with Crippen LogP contribution in [0.15, 0.2) is 42.1 Å². The summed E-state index contributed by atoms with van der Waals surface area (Å²) in [4.78, 5) is 20.5. The van der Waals surface area contributed by atoms with Crippen LogP contribution in [0.25, 0.3) is 0 Å². The van der Waals surface area contributed by atoms with E-state index in [0.29, 0.717) is 24.6 Å². The molecular weight excluding hydrogens is 335 g/mol. The van der Waals surface area contributed by atoms with Crippen LogP contribution < -0.4 is 4.90 Å². The minimum absolute atomic E-state index is 0.0158. The Hall–Kier alpha value is -3.27. The van der Waals surface area contributed by atoms with E-state index >= 15 is 0 Å². The zero-order chi connectivity index (χ0) is 18.5. The molecule has 0 saturated carbocycles. The molecule has 1 fully saturated rings. The highest BCUT2D eigenvalue weighted by molar-refractivity contribution is 5.58. The van der Waals surface area contributed by atoms with Crippen molar-refractivity contribution in [1.29, 1.82) is 0 Å². The second kappa shape index (κ2) is 7.74. The van der Waals surface area contributed by atoms with Gasteiger partial charge in [0.25, 0.3) is 0 Å². The van der Waals surface area contributed by atoms with Crippen LogP contribution in [0, 0.1) is 34.8 Å². The molecule has 1 aliphatic heterocycles. The average molecular weight is 352 g/mol. The molecule has 6 nitrogen and oxygen atoms in total. The molecule has 0 aliphatic carbocycles. The third kappa shape index (κ3) is 4.03. The number of anilines is 1. The zero-order valence-electron chi connectivity index (χ0n) is 14.3. The summed E-state index contributed by atoms with van der Waals surface area (Å²) in [6.07, 6.45) is 4.82. The first-order valence-corrected chi connectivity index (χ1v) is 8.21. The maximum absolute atomic E-state index is 13.7. The highest BCUT2D eigenvalue weighted by Gasteiger charge is 2.23. The monoisotopic (exact) mass is 352 g/mol. The van der Waals surface area contributed by atoms with E-state index in [4.69, 9.17) is 0 Å². The third-order valence-corrected chi connectivity index (χ3v) is 4.14. The lowest BCUT2D eigenvalue weighted by atomic mass is 10.0. The van der Waals surface area contributed by atoms with E-state index in [-0.39, 0.29) is 11.3 Å². The van der Waals surface area contributed by atoms with Crippen molar-refractivity contribution in [3.63, 3.8) is 0 Å². The van der Waals surface area contributed by atoms with Gasteiger partial charge in [0.2, 0.25) is 11.8 Å². The van der Waals surface area contributed by atoms with E-state index in [9.17, 15) is 14.5 Å². The van der Waals surface area contributed by atoms with Crippen LogP contribution in [-0.4, -0.2) is 28.0 Å². The van der Waals surface area contributed by atoms with Crippen LogP contribution in [0.3, 0.4) is 0 Å². The highest BCUT2D eigenvalue weighted by Crippen LogP contribution is 2.28. The average Bonchev–Trinajstić information content (AvgIpc) is 2.64. The van der Waals surface area contributed by atoms with Gasteiger partial charge in [0.05, 0.1) is 10.5 Å². The maximum atomic E-state index is 13.7. The first kappa shape index (κ1) is 17.5. The first-order chi connectivity index (χ1) is 12.5. The topological polar surface area (TPSA) is 72.2 Å². The molecule has 1 saturated heterocycles. The fourth-order valence-corrected chi connectivity index (χ4v) is 2.76. The molecule has 3 rings (SSSR count). The SMILES string of the molecule is Cc1ccc(C#CC=C2CCN(c3ncccc3[N+](=O)[O-])CC2)c(F)n1. The highest BCUT2D eigenvalue weighted by atomic mass is 19.1. The summed E-state index contributed by atoms with van der Waals surface area (Å²) in [5.74, 6) is 5.49.